The minimum atomic E-state index is -3.69. The number of aromatic nitrogens is 3. The summed E-state index contributed by atoms with van der Waals surface area (Å²) in [5, 5.41) is 4.32. The smallest absolute Gasteiger partial charge is 0.345 e. The fourth-order valence-corrected chi connectivity index (χ4v) is 4.08. The zero-order chi connectivity index (χ0) is 19.4. The predicted molar refractivity (Wildman–Crippen MR) is 97.0 cm³/mol. The summed E-state index contributed by atoms with van der Waals surface area (Å²) in [6.07, 6.45) is 3.25. The van der Waals surface area contributed by atoms with Crippen LogP contribution in [0.1, 0.15) is 35.4 Å². The van der Waals surface area contributed by atoms with Crippen molar-refractivity contribution in [3.8, 4) is 0 Å². The van der Waals surface area contributed by atoms with Crippen LogP contribution in [0.4, 0.5) is 0 Å². The molecule has 0 amide bonds. The molecule has 0 saturated carbocycles. The molecule has 1 aliphatic heterocycles. The van der Waals surface area contributed by atoms with Crippen molar-refractivity contribution in [2.75, 3.05) is 13.7 Å². The summed E-state index contributed by atoms with van der Waals surface area (Å²) in [6, 6.07) is 5.50. The predicted octanol–water partition coefficient (Wildman–Crippen LogP) is 0.536. The lowest BCUT2D eigenvalue weighted by Gasteiger charge is -2.09. The molecule has 0 radical (unpaired) electrons. The molecule has 3 rings (SSSR count). The van der Waals surface area contributed by atoms with Gasteiger partial charge >= 0.3 is 11.7 Å². The zero-order valence-electron chi connectivity index (χ0n) is 15.1. The molecule has 146 valence electrons. The molecular weight excluding hydrogens is 372 g/mol. The van der Waals surface area contributed by atoms with Crippen LogP contribution in [-0.4, -0.2) is 42.4 Å². The van der Waals surface area contributed by atoms with E-state index in [2.05, 4.69) is 14.6 Å². The largest absolute Gasteiger partial charge is 0.465 e. The van der Waals surface area contributed by atoms with E-state index in [0.29, 0.717) is 19.5 Å². The van der Waals surface area contributed by atoms with Gasteiger partial charge in [0.05, 0.1) is 17.6 Å². The summed E-state index contributed by atoms with van der Waals surface area (Å²) in [6.45, 7) is 1.22. The molecule has 0 bridgehead atoms. The lowest BCUT2D eigenvalue weighted by molar-refractivity contribution is 0.0600. The molecule has 1 aliphatic rings. The average Bonchev–Trinajstić information content (AvgIpc) is 3.01. The number of benzene rings is 1. The van der Waals surface area contributed by atoms with Crippen molar-refractivity contribution < 1.29 is 17.9 Å². The minimum Gasteiger partial charge on any atom is -0.465 e. The third kappa shape index (κ3) is 4.28. The number of ether oxygens (including phenoxy) is 1. The maximum Gasteiger partial charge on any atom is 0.345 e. The number of nitrogens with one attached hydrogen (secondary N) is 1. The molecule has 0 spiro atoms. The first kappa shape index (κ1) is 19.3. The standard InChI is InChI=1S/C17H22N4O5S/c1-26-16(22)13-6-8-14(9-7-13)27(24,25)18-10-4-12-21-17(23)20-11-3-2-5-15(20)19-21/h6-9,18H,2-5,10-12H2,1H3. The maximum atomic E-state index is 12.3. The first-order chi connectivity index (χ1) is 12.9. The molecule has 1 aromatic heterocycles. The molecule has 0 unspecified atom stereocenters. The summed E-state index contributed by atoms with van der Waals surface area (Å²) < 4.78 is 34.8. The average molecular weight is 394 g/mol. The Balaban J connectivity index is 1.56. The lowest BCUT2D eigenvalue weighted by Crippen LogP contribution is -2.29. The second-order valence-corrected chi connectivity index (χ2v) is 8.06. The summed E-state index contributed by atoms with van der Waals surface area (Å²) in [5.41, 5.74) is 0.144. The van der Waals surface area contributed by atoms with Gasteiger partial charge in [-0.25, -0.2) is 27.4 Å². The van der Waals surface area contributed by atoms with E-state index in [4.69, 9.17) is 0 Å². The number of rotatable bonds is 7. The summed E-state index contributed by atoms with van der Waals surface area (Å²) in [5.74, 6) is 0.276. The van der Waals surface area contributed by atoms with Crippen LogP contribution in [0.15, 0.2) is 34.0 Å². The second-order valence-electron chi connectivity index (χ2n) is 6.30. The van der Waals surface area contributed by atoms with Crippen molar-refractivity contribution in [1.29, 1.82) is 0 Å². The number of carbonyl (C=O) groups is 1. The van der Waals surface area contributed by atoms with Crippen LogP contribution in [0.2, 0.25) is 0 Å². The number of sulfonamides is 1. The van der Waals surface area contributed by atoms with Gasteiger partial charge in [-0.2, -0.15) is 5.10 Å². The number of hydrogen-bond donors (Lipinski definition) is 1. The molecule has 0 atom stereocenters. The van der Waals surface area contributed by atoms with Crippen molar-refractivity contribution >= 4 is 16.0 Å². The van der Waals surface area contributed by atoms with Gasteiger partial charge in [-0.3, -0.25) is 4.57 Å². The van der Waals surface area contributed by atoms with E-state index in [1.807, 2.05) is 0 Å². The van der Waals surface area contributed by atoms with Crippen LogP contribution in [0.5, 0.6) is 0 Å². The quantitative estimate of drug-likeness (QED) is 0.542. The molecule has 1 aromatic carbocycles. The van der Waals surface area contributed by atoms with Gasteiger partial charge in [-0.1, -0.05) is 0 Å². The number of hydrogen-bond acceptors (Lipinski definition) is 6. The Bertz CT molecular complexity index is 976. The normalized spacial score (nSPS) is 14.0. The highest BCUT2D eigenvalue weighted by molar-refractivity contribution is 7.89. The van der Waals surface area contributed by atoms with Gasteiger partial charge in [0.15, 0.2) is 0 Å². The highest BCUT2D eigenvalue weighted by Gasteiger charge is 2.17. The Hall–Kier alpha value is -2.46. The van der Waals surface area contributed by atoms with E-state index in [-0.39, 0.29) is 22.7 Å². The molecular formula is C17H22N4O5S. The van der Waals surface area contributed by atoms with Crippen molar-refractivity contribution in [3.63, 3.8) is 0 Å². The molecule has 0 saturated heterocycles. The van der Waals surface area contributed by atoms with Crippen LogP contribution in [0.3, 0.4) is 0 Å². The Kier molecular flexibility index (Phi) is 5.76. The lowest BCUT2D eigenvalue weighted by atomic mass is 10.2. The van der Waals surface area contributed by atoms with Crippen molar-refractivity contribution in [2.45, 2.75) is 43.7 Å². The van der Waals surface area contributed by atoms with Crippen LogP contribution < -0.4 is 10.4 Å². The molecule has 0 aliphatic carbocycles. The van der Waals surface area contributed by atoms with E-state index in [0.717, 1.165) is 25.1 Å². The minimum absolute atomic E-state index is 0.0600. The molecule has 2 heterocycles. The van der Waals surface area contributed by atoms with E-state index in [1.165, 1.54) is 36.1 Å². The maximum absolute atomic E-state index is 12.3. The molecule has 27 heavy (non-hydrogen) atoms. The number of carbonyl (C=O) groups excluding carboxylic acids is 1. The van der Waals surface area contributed by atoms with Crippen LogP contribution >= 0.6 is 0 Å². The van der Waals surface area contributed by atoms with Crippen molar-refractivity contribution in [1.82, 2.24) is 19.1 Å². The topological polar surface area (TPSA) is 112 Å². The van der Waals surface area contributed by atoms with Gasteiger partial charge in [0, 0.05) is 26.1 Å². The van der Waals surface area contributed by atoms with Crippen LogP contribution in [0.25, 0.3) is 0 Å². The molecule has 9 nitrogen and oxygen atoms in total. The molecule has 0 fully saturated rings. The third-order valence-electron chi connectivity index (χ3n) is 4.46. The molecule has 1 N–H and O–H groups in total. The fourth-order valence-electron chi connectivity index (χ4n) is 3.00. The van der Waals surface area contributed by atoms with E-state index >= 15 is 0 Å². The SMILES string of the molecule is COC(=O)c1ccc(S(=O)(=O)NCCCn2nc3n(c2=O)CCCC3)cc1. The summed E-state index contributed by atoms with van der Waals surface area (Å²) in [7, 11) is -2.43. The highest BCUT2D eigenvalue weighted by Crippen LogP contribution is 2.12. The fraction of sp³-hybridized carbons (Fsp3) is 0.471. The van der Waals surface area contributed by atoms with E-state index < -0.39 is 16.0 Å². The number of nitrogens with zero attached hydrogens (tertiary/aromatic N) is 3. The summed E-state index contributed by atoms with van der Waals surface area (Å²) >= 11 is 0. The van der Waals surface area contributed by atoms with Crippen molar-refractivity contribution in [2.24, 2.45) is 0 Å². The third-order valence-corrected chi connectivity index (χ3v) is 5.93. The second kappa shape index (κ2) is 8.05. The number of aryl methyl sites for hydroxylation is 2. The van der Waals surface area contributed by atoms with Gasteiger partial charge in [-0.05, 0) is 43.5 Å². The van der Waals surface area contributed by atoms with Gasteiger partial charge in [0.25, 0.3) is 0 Å². The first-order valence-electron chi connectivity index (χ1n) is 8.77. The van der Waals surface area contributed by atoms with Crippen LogP contribution in [0, 0.1) is 0 Å². The number of methoxy groups -OCH3 is 1. The highest BCUT2D eigenvalue weighted by atomic mass is 32.2. The van der Waals surface area contributed by atoms with E-state index in [9.17, 15) is 18.0 Å². The Labute approximate surface area is 157 Å². The van der Waals surface area contributed by atoms with Gasteiger partial charge in [0.1, 0.15) is 5.82 Å². The summed E-state index contributed by atoms with van der Waals surface area (Å²) in [4.78, 5) is 23.7. The van der Waals surface area contributed by atoms with E-state index in [1.54, 1.807) is 4.57 Å². The molecule has 2 aromatic rings. The van der Waals surface area contributed by atoms with Crippen molar-refractivity contribution in [3.05, 3.63) is 46.1 Å². The number of esters is 1. The Morgan fingerprint density at radius 1 is 1.26 bits per heavy atom. The first-order valence-corrected chi connectivity index (χ1v) is 10.3. The number of fused-ring (bicyclic) bond motifs is 1. The van der Waals surface area contributed by atoms with Gasteiger partial charge < -0.3 is 4.74 Å². The zero-order valence-corrected chi connectivity index (χ0v) is 15.9. The molecule has 10 heteroatoms. The Morgan fingerprint density at radius 3 is 2.67 bits per heavy atom. The van der Waals surface area contributed by atoms with Gasteiger partial charge in [-0.15, -0.1) is 0 Å². The van der Waals surface area contributed by atoms with Gasteiger partial charge in [0.2, 0.25) is 10.0 Å². The van der Waals surface area contributed by atoms with Crippen LogP contribution in [-0.2, 0) is 34.3 Å². The Morgan fingerprint density at radius 2 is 2.00 bits per heavy atom. The monoisotopic (exact) mass is 394 g/mol.